The van der Waals surface area contributed by atoms with Crippen LogP contribution in [0.25, 0.3) is 0 Å². The number of aryl methyl sites for hydroxylation is 1. The molecule has 72 valence electrons. The van der Waals surface area contributed by atoms with Gasteiger partial charge < -0.3 is 5.32 Å². The molecule has 1 N–H and O–H groups in total. The molecule has 2 nitrogen and oxygen atoms in total. The topological polar surface area (TPSA) is 29.1 Å². The fourth-order valence-electron chi connectivity index (χ4n) is 2.02. The summed E-state index contributed by atoms with van der Waals surface area (Å²) in [5.74, 6) is -2.15. The maximum Gasteiger partial charge on any atom is 0.224 e. The van der Waals surface area contributed by atoms with Crippen LogP contribution in [-0.4, -0.2) is 12.5 Å². The standard InChI is InChI=1S/C12H13NO/c1-8-2-4-9(5-3-8)12-6-10(12)11(14)13-7-12/h2-5,10H,6-7H2,1H3,(H,13,14)/t10-,12+/m0/s1/i6D2,10D. The first-order chi connectivity index (χ1) is 7.88. The van der Waals surface area contributed by atoms with Crippen LogP contribution in [-0.2, 0) is 10.2 Å². The van der Waals surface area contributed by atoms with Gasteiger partial charge in [0.05, 0.1) is 5.89 Å². The Morgan fingerprint density at radius 2 is 2.29 bits per heavy atom. The largest absolute Gasteiger partial charge is 0.355 e. The predicted molar refractivity (Wildman–Crippen MR) is 54.0 cm³/mol. The molecule has 1 heterocycles. The van der Waals surface area contributed by atoms with Crippen molar-refractivity contribution in [1.82, 2.24) is 5.32 Å². The van der Waals surface area contributed by atoms with E-state index in [0.717, 1.165) is 11.1 Å². The zero-order chi connectivity index (χ0) is 12.5. The number of benzene rings is 1. The van der Waals surface area contributed by atoms with E-state index < -0.39 is 23.6 Å². The van der Waals surface area contributed by atoms with Gasteiger partial charge in [0.2, 0.25) is 5.91 Å². The van der Waals surface area contributed by atoms with Crippen LogP contribution in [0.3, 0.4) is 0 Å². The maximum atomic E-state index is 11.7. The first-order valence-corrected chi connectivity index (χ1v) is 4.73. The first kappa shape index (κ1) is 5.54. The first-order valence-electron chi connectivity index (χ1n) is 6.23. The van der Waals surface area contributed by atoms with Gasteiger partial charge in [0.25, 0.3) is 0 Å². The van der Waals surface area contributed by atoms with E-state index in [4.69, 9.17) is 4.11 Å². The van der Waals surface area contributed by atoms with Gasteiger partial charge in [0, 0.05) is 16.1 Å². The molecule has 3 rings (SSSR count). The Kier molecular flexibility index (Phi) is 0.942. The van der Waals surface area contributed by atoms with E-state index in [0.29, 0.717) is 0 Å². The summed E-state index contributed by atoms with van der Waals surface area (Å²) in [6, 6.07) is 7.43. The van der Waals surface area contributed by atoms with Gasteiger partial charge in [-0.15, -0.1) is 0 Å². The van der Waals surface area contributed by atoms with Gasteiger partial charge in [-0.25, -0.2) is 0 Å². The van der Waals surface area contributed by atoms with E-state index in [1.54, 1.807) is 0 Å². The maximum absolute atomic E-state index is 11.7. The van der Waals surface area contributed by atoms with E-state index >= 15 is 0 Å². The minimum absolute atomic E-state index is 0.214. The number of rotatable bonds is 1. The van der Waals surface area contributed by atoms with Crippen molar-refractivity contribution in [2.75, 3.05) is 6.54 Å². The van der Waals surface area contributed by atoms with Crippen molar-refractivity contribution in [3.05, 3.63) is 35.4 Å². The van der Waals surface area contributed by atoms with Crippen molar-refractivity contribution in [3.63, 3.8) is 0 Å². The number of hydrogen-bond donors (Lipinski definition) is 1. The summed E-state index contributed by atoms with van der Waals surface area (Å²) < 4.78 is 24.0. The molecule has 1 amide bonds. The summed E-state index contributed by atoms with van der Waals surface area (Å²) in [5.41, 5.74) is 0.811. The van der Waals surface area contributed by atoms with E-state index in [1.807, 2.05) is 31.2 Å². The lowest BCUT2D eigenvalue weighted by molar-refractivity contribution is -0.120. The highest BCUT2D eigenvalue weighted by Gasteiger charge is 2.63. The number of nitrogens with one attached hydrogen (secondary N) is 1. The second kappa shape index (κ2) is 2.38. The third-order valence-corrected chi connectivity index (χ3v) is 2.99. The normalized spacial score (nSPS) is 45.8. The Morgan fingerprint density at radius 1 is 1.57 bits per heavy atom. The molecule has 0 spiro atoms. The van der Waals surface area contributed by atoms with Crippen LogP contribution in [0.2, 0.25) is 0 Å². The van der Waals surface area contributed by atoms with Crippen molar-refractivity contribution in [3.8, 4) is 0 Å². The van der Waals surface area contributed by atoms with Crippen molar-refractivity contribution in [2.45, 2.75) is 18.7 Å². The third kappa shape index (κ3) is 0.884. The summed E-state index contributed by atoms with van der Waals surface area (Å²) >= 11 is 0. The van der Waals surface area contributed by atoms with Crippen LogP contribution in [0.15, 0.2) is 24.3 Å². The molecule has 2 fully saturated rings. The molecule has 14 heavy (non-hydrogen) atoms. The zero-order valence-electron chi connectivity index (χ0n) is 10.9. The third-order valence-electron chi connectivity index (χ3n) is 2.99. The van der Waals surface area contributed by atoms with Crippen LogP contribution in [0.1, 0.15) is 21.6 Å². The van der Waals surface area contributed by atoms with Crippen LogP contribution >= 0.6 is 0 Å². The minimum atomic E-state index is -1.78. The smallest absolute Gasteiger partial charge is 0.224 e. The lowest BCUT2D eigenvalue weighted by atomic mass is 9.94. The fraction of sp³-hybridized carbons (Fsp3) is 0.417. The molecule has 1 aromatic carbocycles. The highest BCUT2D eigenvalue weighted by Crippen LogP contribution is 2.56. The molecular formula is C12H13NO. The monoisotopic (exact) mass is 190 g/mol. The number of fused-ring (bicyclic) bond motifs is 1. The molecule has 1 saturated heterocycles. The molecule has 1 aliphatic heterocycles. The van der Waals surface area contributed by atoms with E-state index in [9.17, 15) is 4.79 Å². The van der Waals surface area contributed by atoms with Crippen molar-refractivity contribution in [2.24, 2.45) is 5.89 Å². The van der Waals surface area contributed by atoms with E-state index in [2.05, 4.69) is 5.32 Å². The molecule has 2 heteroatoms. The van der Waals surface area contributed by atoms with Gasteiger partial charge in [-0.2, -0.15) is 0 Å². The molecule has 1 saturated carbocycles. The lowest BCUT2D eigenvalue weighted by Crippen LogP contribution is -2.22. The quantitative estimate of drug-likeness (QED) is 0.712. The van der Waals surface area contributed by atoms with Crippen LogP contribution in [0.4, 0.5) is 0 Å². The molecule has 2 aliphatic rings. The SMILES string of the molecule is [2H]C1([2H])[C@@]2([2H])C(=O)NC[C@@]12c1ccc(C)cc1. The fourth-order valence-corrected chi connectivity index (χ4v) is 2.02. The average molecular weight is 190 g/mol. The van der Waals surface area contributed by atoms with E-state index in [-0.39, 0.29) is 6.54 Å². The van der Waals surface area contributed by atoms with Crippen LogP contribution < -0.4 is 5.32 Å². The van der Waals surface area contributed by atoms with Gasteiger partial charge >= 0.3 is 0 Å². The Balaban J connectivity index is 2.15. The Morgan fingerprint density at radius 3 is 2.86 bits per heavy atom. The highest BCUT2D eigenvalue weighted by molar-refractivity contribution is 5.88. The molecule has 0 unspecified atom stereocenters. The second-order valence-corrected chi connectivity index (χ2v) is 3.95. The van der Waals surface area contributed by atoms with Crippen LogP contribution in [0, 0.1) is 12.8 Å². The molecule has 1 aliphatic carbocycles. The van der Waals surface area contributed by atoms with Gasteiger partial charge in [-0.05, 0) is 18.9 Å². The molecular weight excluding hydrogens is 174 g/mol. The molecule has 2 atom stereocenters. The number of carbonyl (C=O) groups excluding carboxylic acids is 1. The summed E-state index contributed by atoms with van der Waals surface area (Å²) in [6.07, 6.45) is -1.78. The highest BCUT2D eigenvalue weighted by atomic mass is 16.2. The zero-order valence-corrected chi connectivity index (χ0v) is 7.92. The summed E-state index contributed by atoms with van der Waals surface area (Å²) in [7, 11) is 0. The molecule has 1 aromatic rings. The second-order valence-electron chi connectivity index (χ2n) is 3.95. The van der Waals surface area contributed by atoms with Gasteiger partial charge in [-0.1, -0.05) is 29.8 Å². The summed E-state index contributed by atoms with van der Waals surface area (Å²) in [4.78, 5) is 11.7. The van der Waals surface area contributed by atoms with Gasteiger partial charge in [-0.3, -0.25) is 4.79 Å². The lowest BCUT2D eigenvalue weighted by Gasteiger charge is -2.11. The van der Waals surface area contributed by atoms with Crippen LogP contribution in [0.5, 0.6) is 0 Å². The van der Waals surface area contributed by atoms with Crippen molar-refractivity contribution >= 4 is 5.91 Å². The Bertz CT molecular complexity index is 513. The number of piperidine rings is 1. The molecule has 0 radical (unpaired) electrons. The van der Waals surface area contributed by atoms with Crippen molar-refractivity contribution in [1.29, 1.82) is 0 Å². The summed E-state index contributed by atoms with van der Waals surface area (Å²) in [6.45, 7) is 2.17. The van der Waals surface area contributed by atoms with Gasteiger partial charge in [0.15, 0.2) is 0 Å². The molecule has 0 aromatic heterocycles. The summed E-state index contributed by atoms with van der Waals surface area (Å²) in [5, 5.41) is 2.60. The number of hydrogen-bond acceptors (Lipinski definition) is 1. The number of amides is 1. The average Bonchev–Trinajstić information content (AvgIpc) is 2.52. The minimum Gasteiger partial charge on any atom is -0.355 e. The van der Waals surface area contributed by atoms with Crippen molar-refractivity contribution < 1.29 is 8.91 Å². The Hall–Kier alpha value is -1.31. The number of carbonyl (C=O) groups is 1. The van der Waals surface area contributed by atoms with E-state index in [1.165, 1.54) is 0 Å². The molecule has 0 bridgehead atoms. The van der Waals surface area contributed by atoms with Gasteiger partial charge in [0.1, 0.15) is 0 Å². The Labute approximate surface area is 87.5 Å². The predicted octanol–water partition coefficient (Wildman–Crippen LogP) is 1.38.